The second kappa shape index (κ2) is 7.83. The van der Waals surface area contributed by atoms with Gasteiger partial charge in [-0.05, 0) is 20.8 Å². The Hall–Kier alpha value is -1.14. The number of halogens is 4. The van der Waals surface area contributed by atoms with Gasteiger partial charge in [-0.1, -0.05) is 17.7 Å². The SMILES string of the molecule is Cc1cc(C)c([I+]c2cnn(C)c2)c(C)c1.O=S(=O)(O)C(F)(F)F. The lowest BCUT2D eigenvalue weighted by molar-refractivity contribution is -0.598. The third-order valence-corrected chi connectivity index (χ3v) is 6.76. The van der Waals surface area contributed by atoms with Crippen molar-refractivity contribution in [2.75, 3.05) is 0 Å². The van der Waals surface area contributed by atoms with Crippen LogP contribution in [0, 0.1) is 27.9 Å². The first-order chi connectivity index (χ1) is 10.8. The van der Waals surface area contributed by atoms with E-state index >= 15 is 0 Å². The first-order valence-electron chi connectivity index (χ1n) is 6.56. The molecule has 0 radical (unpaired) electrons. The van der Waals surface area contributed by atoms with Gasteiger partial charge in [0.25, 0.3) is 0 Å². The molecule has 0 amide bonds. The zero-order valence-electron chi connectivity index (χ0n) is 13.4. The number of benzene rings is 1. The summed E-state index contributed by atoms with van der Waals surface area (Å²) in [6.07, 6.45) is 4.12. The molecule has 2 aromatic rings. The van der Waals surface area contributed by atoms with Gasteiger partial charge in [0.15, 0.2) is 3.57 Å². The molecule has 0 bridgehead atoms. The summed E-state index contributed by atoms with van der Waals surface area (Å²) in [7, 11) is -3.87. The van der Waals surface area contributed by atoms with Crippen LogP contribution in [-0.2, 0) is 17.2 Å². The van der Waals surface area contributed by atoms with Crippen molar-refractivity contribution in [1.29, 1.82) is 0 Å². The molecule has 1 aromatic heterocycles. The maximum absolute atomic E-state index is 10.7. The number of hydrogen-bond donors (Lipinski definition) is 1. The van der Waals surface area contributed by atoms with Gasteiger partial charge in [0.1, 0.15) is 6.20 Å². The van der Waals surface area contributed by atoms with Crippen molar-refractivity contribution < 1.29 is 47.3 Å². The van der Waals surface area contributed by atoms with Crippen LogP contribution in [0.15, 0.2) is 24.5 Å². The number of alkyl halides is 3. The topological polar surface area (TPSA) is 72.2 Å². The summed E-state index contributed by atoms with van der Waals surface area (Å²) in [6.45, 7) is 6.59. The van der Waals surface area contributed by atoms with E-state index in [2.05, 4.69) is 44.2 Å². The molecule has 0 atom stereocenters. The van der Waals surface area contributed by atoms with Gasteiger partial charge in [0, 0.05) is 18.2 Å². The molecule has 0 unspecified atom stereocenters. The Morgan fingerprint density at radius 3 is 1.96 bits per heavy atom. The maximum atomic E-state index is 10.7. The molecule has 0 aliphatic rings. The molecule has 1 heterocycles. The van der Waals surface area contributed by atoms with Crippen molar-refractivity contribution >= 4 is 10.1 Å². The molecular weight excluding hydrogens is 460 g/mol. The largest absolute Gasteiger partial charge is 0.522 e. The minimum Gasteiger partial charge on any atom is -0.279 e. The molecule has 1 aromatic carbocycles. The monoisotopic (exact) mass is 477 g/mol. The zero-order chi connectivity index (χ0) is 18.7. The van der Waals surface area contributed by atoms with Gasteiger partial charge < -0.3 is 0 Å². The molecular formula is C14H17F3IN2O3S+. The van der Waals surface area contributed by atoms with E-state index in [1.54, 1.807) is 0 Å². The van der Waals surface area contributed by atoms with Gasteiger partial charge in [-0.3, -0.25) is 9.23 Å². The van der Waals surface area contributed by atoms with Crippen LogP contribution in [0.2, 0.25) is 0 Å². The van der Waals surface area contributed by atoms with Crippen molar-refractivity contribution in [2.24, 2.45) is 7.05 Å². The zero-order valence-corrected chi connectivity index (χ0v) is 16.4. The summed E-state index contributed by atoms with van der Waals surface area (Å²) < 4.78 is 62.3. The van der Waals surface area contributed by atoms with E-state index in [4.69, 9.17) is 13.0 Å². The summed E-state index contributed by atoms with van der Waals surface area (Å²) >= 11 is -0.0900. The van der Waals surface area contributed by atoms with Gasteiger partial charge in [-0.25, -0.2) is 0 Å². The highest BCUT2D eigenvalue weighted by atomic mass is 127. The normalized spacial score (nSPS) is 11.8. The van der Waals surface area contributed by atoms with Crippen LogP contribution < -0.4 is 21.2 Å². The molecule has 0 fully saturated rings. The molecule has 0 aliphatic carbocycles. The van der Waals surface area contributed by atoms with E-state index in [0.717, 1.165) is 0 Å². The van der Waals surface area contributed by atoms with E-state index < -0.39 is 15.6 Å². The number of hydrogen-bond acceptors (Lipinski definition) is 3. The number of nitrogens with zero attached hydrogens (tertiary/aromatic N) is 2. The van der Waals surface area contributed by atoms with Crippen LogP contribution in [-0.4, -0.2) is 28.3 Å². The third-order valence-electron chi connectivity index (χ3n) is 2.75. The summed E-state index contributed by atoms with van der Waals surface area (Å²) in [5.74, 6) is 0. The summed E-state index contributed by atoms with van der Waals surface area (Å²) in [5, 5.41) is 4.23. The summed E-state index contributed by atoms with van der Waals surface area (Å²) in [5.41, 5.74) is -1.33. The summed E-state index contributed by atoms with van der Waals surface area (Å²) in [6, 6.07) is 4.55. The predicted octanol–water partition coefficient (Wildman–Crippen LogP) is -0.132. The van der Waals surface area contributed by atoms with E-state index in [0.29, 0.717) is 0 Å². The van der Waals surface area contributed by atoms with Crippen LogP contribution in [0.4, 0.5) is 13.2 Å². The lowest BCUT2D eigenvalue weighted by Gasteiger charge is -1.99. The first kappa shape index (κ1) is 20.9. The molecule has 24 heavy (non-hydrogen) atoms. The molecule has 5 nitrogen and oxygen atoms in total. The quantitative estimate of drug-likeness (QED) is 0.372. The van der Waals surface area contributed by atoms with Gasteiger partial charge in [-0.2, -0.15) is 26.7 Å². The smallest absolute Gasteiger partial charge is 0.279 e. The Balaban J connectivity index is 0.000000307. The standard InChI is InChI=1S/C13H16IN2.CHF3O3S/c1-9-5-10(2)13(11(3)6-9)14-12-7-15-16(4)8-12;2-1(3,4)8(5,6)7/h5-8H,1-4H3;(H,5,6,7)/q+1;. The predicted molar refractivity (Wildman–Crippen MR) is 78.9 cm³/mol. The van der Waals surface area contributed by atoms with Gasteiger partial charge in [0.05, 0.1) is 6.20 Å². The number of rotatable bonds is 2. The van der Waals surface area contributed by atoms with Gasteiger partial charge in [-0.15, -0.1) is 0 Å². The number of aryl methyl sites for hydroxylation is 4. The van der Waals surface area contributed by atoms with E-state index in [1.165, 1.54) is 23.8 Å². The molecule has 1 N–H and O–H groups in total. The van der Waals surface area contributed by atoms with Crippen molar-refractivity contribution in [1.82, 2.24) is 9.78 Å². The Morgan fingerprint density at radius 1 is 1.17 bits per heavy atom. The van der Waals surface area contributed by atoms with Gasteiger partial charge >= 0.3 is 36.8 Å². The molecule has 0 saturated heterocycles. The van der Waals surface area contributed by atoms with Crippen molar-refractivity contribution in [3.05, 3.63) is 48.4 Å². The fraction of sp³-hybridized carbons (Fsp3) is 0.357. The van der Waals surface area contributed by atoms with Crippen molar-refractivity contribution in [3.63, 3.8) is 0 Å². The lowest BCUT2D eigenvalue weighted by atomic mass is 10.1. The number of aromatic nitrogens is 2. The highest BCUT2D eigenvalue weighted by molar-refractivity contribution is 7.86. The average Bonchev–Trinajstić information content (AvgIpc) is 2.78. The van der Waals surface area contributed by atoms with E-state index in [9.17, 15) is 13.2 Å². The molecule has 0 spiro atoms. The fourth-order valence-electron chi connectivity index (χ4n) is 1.86. The minimum absolute atomic E-state index is 0.0900. The molecule has 2 rings (SSSR count). The second-order valence-electron chi connectivity index (χ2n) is 5.06. The molecule has 10 heteroatoms. The van der Waals surface area contributed by atoms with E-state index in [-0.39, 0.29) is 21.2 Å². The molecule has 0 aliphatic heterocycles. The highest BCUT2D eigenvalue weighted by Gasteiger charge is 2.44. The third kappa shape index (κ3) is 6.06. The second-order valence-corrected chi connectivity index (χ2v) is 9.34. The van der Waals surface area contributed by atoms with E-state index in [1.807, 2.05) is 17.9 Å². The Kier molecular flexibility index (Phi) is 6.82. The van der Waals surface area contributed by atoms with Crippen LogP contribution >= 0.6 is 0 Å². The average molecular weight is 477 g/mol. The fourth-order valence-corrected chi connectivity index (χ4v) is 4.45. The van der Waals surface area contributed by atoms with Crippen LogP contribution in [0.5, 0.6) is 0 Å². The molecule has 0 saturated carbocycles. The van der Waals surface area contributed by atoms with Crippen molar-refractivity contribution in [2.45, 2.75) is 26.3 Å². The maximum Gasteiger partial charge on any atom is 0.522 e. The Morgan fingerprint density at radius 2 is 1.62 bits per heavy atom. The Bertz CT molecular complexity index is 794. The van der Waals surface area contributed by atoms with Crippen LogP contribution in [0.1, 0.15) is 16.7 Å². The first-order valence-corrected chi connectivity index (χ1v) is 10.2. The van der Waals surface area contributed by atoms with Crippen LogP contribution in [0.25, 0.3) is 0 Å². The highest BCUT2D eigenvalue weighted by Crippen LogP contribution is 2.20. The van der Waals surface area contributed by atoms with Gasteiger partial charge in [0.2, 0.25) is 3.57 Å². The van der Waals surface area contributed by atoms with Crippen molar-refractivity contribution in [3.8, 4) is 0 Å². The lowest BCUT2D eigenvalue weighted by Crippen LogP contribution is -3.62. The Labute approximate surface area is 148 Å². The van der Waals surface area contributed by atoms with Crippen LogP contribution in [0.3, 0.4) is 0 Å². The minimum atomic E-state index is -5.84. The summed E-state index contributed by atoms with van der Waals surface area (Å²) in [4.78, 5) is 0. The molecule has 134 valence electrons.